The van der Waals surface area contributed by atoms with Gasteiger partial charge in [-0.25, -0.2) is 9.97 Å². The molecule has 0 saturated heterocycles. The first kappa shape index (κ1) is 16.0. The van der Waals surface area contributed by atoms with Gasteiger partial charge >= 0.3 is 0 Å². The number of amides is 1. The average Bonchev–Trinajstić information content (AvgIpc) is 3.05. The van der Waals surface area contributed by atoms with Crippen molar-refractivity contribution in [3.05, 3.63) is 53.1 Å². The number of hydrogen-bond donors (Lipinski definition) is 2. The van der Waals surface area contributed by atoms with Gasteiger partial charge in [0.15, 0.2) is 0 Å². The number of carbonyl (C=O) groups is 1. The van der Waals surface area contributed by atoms with Crippen LogP contribution in [0.15, 0.2) is 47.5 Å². The third-order valence-corrected chi connectivity index (χ3v) is 4.31. The molecule has 0 radical (unpaired) electrons. The van der Waals surface area contributed by atoms with Crippen LogP contribution in [0.25, 0.3) is 33.1 Å². The Bertz CT molecular complexity index is 1210. The zero-order valence-corrected chi connectivity index (χ0v) is 14.4. The van der Waals surface area contributed by atoms with Gasteiger partial charge in [-0.2, -0.15) is 0 Å². The number of aryl methyl sites for hydroxylation is 1. The van der Waals surface area contributed by atoms with Crippen molar-refractivity contribution in [1.82, 2.24) is 19.5 Å². The number of rotatable bonds is 3. The van der Waals surface area contributed by atoms with Crippen LogP contribution >= 0.6 is 0 Å². The SMILES string of the molecule is CCC(=O)Nc1nc2ccc(-c3ccc4ncn(C)c(=O)c4c3)cc2[nH]1. The van der Waals surface area contributed by atoms with Gasteiger partial charge in [0, 0.05) is 13.5 Å². The number of carbonyl (C=O) groups excluding carboxylic acids is 1. The molecule has 0 unspecified atom stereocenters. The van der Waals surface area contributed by atoms with Crippen LogP contribution in [-0.2, 0) is 11.8 Å². The van der Waals surface area contributed by atoms with Gasteiger partial charge in [-0.05, 0) is 35.4 Å². The molecule has 0 aliphatic heterocycles. The summed E-state index contributed by atoms with van der Waals surface area (Å²) in [5.74, 6) is 0.336. The van der Waals surface area contributed by atoms with Crippen molar-refractivity contribution < 1.29 is 4.79 Å². The first-order chi connectivity index (χ1) is 12.5. The second kappa shape index (κ2) is 6.11. The Morgan fingerprint density at radius 3 is 2.65 bits per heavy atom. The van der Waals surface area contributed by atoms with Gasteiger partial charge in [-0.1, -0.05) is 19.1 Å². The van der Waals surface area contributed by atoms with Gasteiger partial charge in [0.1, 0.15) is 0 Å². The van der Waals surface area contributed by atoms with Crippen LogP contribution in [0.3, 0.4) is 0 Å². The third-order valence-electron chi connectivity index (χ3n) is 4.31. The zero-order chi connectivity index (χ0) is 18.3. The van der Waals surface area contributed by atoms with Crippen LogP contribution in [0.5, 0.6) is 0 Å². The number of hydrogen-bond acceptors (Lipinski definition) is 4. The van der Waals surface area contributed by atoms with E-state index in [4.69, 9.17) is 0 Å². The Morgan fingerprint density at radius 2 is 1.88 bits per heavy atom. The molecule has 7 heteroatoms. The van der Waals surface area contributed by atoms with Crippen molar-refractivity contribution >= 4 is 33.8 Å². The average molecular weight is 347 g/mol. The number of aromatic amines is 1. The van der Waals surface area contributed by atoms with Crippen LogP contribution in [0.4, 0.5) is 5.95 Å². The lowest BCUT2D eigenvalue weighted by Crippen LogP contribution is -2.16. The lowest BCUT2D eigenvalue weighted by atomic mass is 10.0. The summed E-state index contributed by atoms with van der Waals surface area (Å²) in [6, 6.07) is 11.4. The van der Waals surface area contributed by atoms with Gasteiger partial charge < -0.3 is 9.55 Å². The maximum absolute atomic E-state index is 12.3. The molecule has 2 heterocycles. The number of nitrogens with zero attached hydrogens (tertiary/aromatic N) is 3. The first-order valence-corrected chi connectivity index (χ1v) is 8.30. The van der Waals surface area contributed by atoms with Crippen LogP contribution < -0.4 is 10.9 Å². The number of H-pyrrole nitrogens is 1. The van der Waals surface area contributed by atoms with Crippen molar-refractivity contribution in [3.8, 4) is 11.1 Å². The van der Waals surface area contributed by atoms with Gasteiger partial charge in [0.2, 0.25) is 11.9 Å². The summed E-state index contributed by atoms with van der Waals surface area (Å²) in [6.07, 6.45) is 1.91. The molecule has 1 amide bonds. The monoisotopic (exact) mass is 347 g/mol. The summed E-state index contributed by atoms with van der Waals surface area (Å²) < 4.78 is 1.47. The zero-order valence-electron chi connectivity index (χ0n) is 14.4. The molecule has 130 valence electrons. The van der Waals surface area contributed by atoms with E-state index < -0.39 is 0 Å². The highest BCUT2D eigenvalue weighted by molar-refractivity contribution is 5.92. The van der Waals surface area contributed by atoms with E-state index in [-0.39, 0.29) is 11.5 Å². The summed E-state index contributed by atoms with van der Waals surface area (Å²) in [5.41, 5.74) is 4.03. The maximum Gasteiger partial charge on any atom is 0.260 e. The Balaban J connectivity index is 1.78. The number of nitrogens with one attached hydrogen (secondary N) is 2. The standard InChI is InChI=1S/C19H17N5O2/c1-3-17(25)23-19-21-15-7-5-12(9-16(15)22-19)11-4-6-14-13(8-11)18(26)24(2)10-20-14/h4-10H,3H2,1-2H3,(H2,21,22,23,25). The molecule has 2 aromatic heterocycles. The molecule has 0 bridgehead atoms. The molecule has 0 atom stereocenters. The topological polar surface area (TPSA) is 92.7 Å². The summed E-state index contributed by atoms with van der Waals surface area (Å²) in [5, 5.41) is 3.30. The molecule has 0 fully saturated rings. The Hall–Kier alpha value is -3.48. The first-order valence-electron chi connectivity index (χ1n) is 8.30. The maximum atomic E-state index is 12.3. The second-order valence-corrected chi connectivity index (χ2v) is 6.11. The molecule has 0 aliphatic rings. The van der Waals surface area contributed by atoms with E-state index in [0.717, 1.165) is 22.2 Å². The minimum absolute atomic E-state index is 0.0796. The van der Waals surface area contributed by atoms with E-state index in [9.17, 15) is 9.59 Å². The smallest absolute Gasteiger partial charge is 0.260 e. The third kappa shape index (κ3) is 2.73. The molecular weight excluding hydrogens is 330 g/mol. The van der Waals surface area contributed by atoms with E-state index in [1.165, 1.54) is 10.9 Å². The highest BCUT2D eigenvalue weighted by Gasteiger charge is 2.09. The minimum atomic E-state index is -0.0952. The highest BCUT2D eigenvalue weighted by atomic mass is 16.1. The van der Waals surface area contributed by atoms with Crippen molar-refractivity contribution in [2.45, 2.75) is 13.3 Å². The lowest BCUT2D eigenvalue weighted by molar-refractivity contribution is -0.115. The molecule has 26 heavy (non-hydrogen) atoms. The molecule has 2 aromatic carbocycles. The predicted octanol–water partition coefficient (Wildman–Crippen LogP) is 2.83. The number of fused-ring (bicyclic) bond motifs is 2. The molecular formula is C19H17N5O2. The fraction of sp³-hybridized carbons (Fsp3) is 0.158. The molecule has 0 saturated carbocycles. The molecule has 2 N–H and O–H groups in total. The fourth-order valence-corrected chi connectivity index (χ4v) is 2.86. The van der Waals surface area contributed by atoms with Crippen molar-refractivity contribution in [3.63, 3.8) is 0 Å². The molecule has 0 spiro atoms. The molecule has 7 nitrogen and oxygen atoms in total. The lowest BCUT2D eigenvalue weighted by Gasteiger charge is -2.05. The Labute approximate surface area is 148 Å². The van der Waals surface area contributed by atoms with E-state index in [1.54, 1.807) is 14.0 Å². The number of anilines is 1. The fourth-order valence-electron chi connectivity index (χ4n) is 2.86. The van der Waals surface area contributed by atoms with Crippen molar-refractivity contribution in [2.24, 2.45) is 7.05 Å². The number of aromatic nitrogens is 4. The van der Waals surface area contributed by atoms with Gasteiger partial charge in [0.05, 0.1) is 28.3 Å². The van der Waals surface area contributed by atoms with E-state index in [0.29, 0.717) is 23.3 Å². The van der Waals surface area contributed by atoms with Crippen LogP contribution in [0.2, 0.25) is 0 Å². The largest absolute Gasteiger partial charge is 0.324 e. The minimum Gasteiger partial charge on any atom is -0.324 e. The summed E-state index contributed by atoms with van der Waals surface area (Å²) in [7, 11) is 1.68. The van der Waals surface area contributed by atoms with Crippen LogP contribution in [0.1, 0.15) is 13.3 Å². The van der Waals surface area contributed by atoms with E-state index >= 15 is 0 Å². The summed E-state index contributed by atoms with van der Waals surface area (Å²) in [6.45, 7) is 1.79. The van der Waals surface area contributed by atoms with Gasteiger partial charge in [-0.3, -0.25) is 14.9 Å². The highest BCUT2D eigenvalue weighted by Crippen LogP contribution is 2.26. The van der Waals surface area contributed by atoms with Gasteiger partial charge in [-0.15, -0.1) is 0 Å². The van der Waals surface area contributed by atoms with E-state index in [2.05, 4.69) is 20.3 Å². The summed E-state index contributed by atoms with van der Waals surface area (Å²) in [4.78, 5) is 35.6. The Morgan fingerprint density at radius 1 is 1.15 bits per heavy atom. The normalized spacial score (nSPS) is 11.2. The number of benzene rings is 2. The number of imidazole rings is 1. The Kier molecular flexibility index (Phi) is 3.76. The van der Waals surface area contributed by atoms with Crippen molar-refractivity contribution in [1.29, 1.82) is 0 Å². The van der Waals surface area contributed by atoms with Gasteiger partial charge in [0.25, 0.3) is 5.56 Å². The predicted molar refractivity (Wildman–Crippen MR) is 101 cm³/mol. The molecule has 0 aliphatic carbocycles. The molecule has 4 rings (SSSR count). The second-order valence-electron chi connectivity index (χ2n) is 6.11. The van der Waals surface area contributed by atoms with E-state index in [1.807, 2.05) is 36.4 Å². The van der Waals surface area contributed by atoms with Crippen molar-refractivity contribution in [2.75, 3.05) is 5.32 Å². The summed E-state index contributed by atoms with van der Waals surface area (Å²) >= 11 is 0. The molecule has 4 aromatic rings. The van der Waals surface area contributed by atoms with Crippen LogP contribution in [0, 0.1) is 0 Å². The van der Waals surface area contributed by atoms with Crippen LogP contribution in [-0.4, -0.2) is 25.4 Å². The quantitative estimate of drug-likeness (QED) is 0.596.